The molecule has 0 aliphatic heterocycles. The summed E-state index contributed by atoms with van der Waals surface area (Å²) in [7, 11) is 0. The zero-order chi connectivity index (χ0) is 19.3. The Morgan fingerprint density at radius 1 is 0.963 bits per heavy atom. The summed E-state index contributed by atoms with van der Waals surface area (Å²) < 4.78 is 1.64. The molecule has 0 aromatic heterocycles. The quantitative estimate of drug-likeness (QED) is 0.569. The van der Waals surface area contributed by atoms with Gasteiger partial charge in [0.2, 0.25) is 0 Å². The fourth-order valence-electron chi connectivity index (χ4n) is 4.39. The van der Waals surface area contributed by atoms with E-state index in [0.29, 0.717) is 0 Å². The molecular weight excluding hydrogens is 427 g/mol. The average molecular weight is 462 g/mol. The minimum atomic E-state index is 0. The van der Waals surface area contributed by atoms with Crippen LogP contribution in [-0.4, -0.2) is 11.0 Å². The maximum absolute atomic E-state index is 2.54. The number of hydrogen-bond donors (Lipinski definition) is 0. The monoisotopic (exact) mass is 461 g/mol. The number of thioether (sulfide) groups is 1. The predicted molar refractivity (Wildman–Crippen MR) is 111 cm³/mol. The SMILES string of the molecule is CSC1(C(C)(C)C2=[C]([Ti+2])CC=C2)CC=C(C(C)(C)C)C=C1C(C)(C)C.[Cl-].[Cl-]. The second-order valence-corrected chi connectivity index (χ2v) is 12.1. The van der Waals surface area contributed by atoms with E-state index in [-0.39, 0.29) is 45.8 Å². The first-order chi connectivity index (χ1) is 11.3. The van der Waals surface area contributed by atoms with E-state index in [1.807, 2.05) is 0 Å². The smallest absolute Gasteiger partial charge is 1.00 e. The first-order valence-corrected chi connectivity index (χ1v) is 11.4. The molecule has 151 valence electrons. The molecule has 0 bridgehead atoms. The Morgan fingerprint density at radius 2 is 1.52 bits per heavy atom. The van der Waals surface area contributed by atoms with Gasteiger partial charge in [-0.05, 0) is 0 Å². The molecule has 0 radical (unpaired) electrons. The van der Waals surface area contributed by atoms with Gasteiger partial charge in [-0.15, -0.1) is 0 Å². The van der Waals surface area contributed by atoms with E-state index in [4.69, 9.17) is 0 Å². The average Bonchev–Trinajstić information content (AvgIpc) is 2.91. The van der Waals surface area contributed by atoms with Crippen LogP contribution in [0.4, 0.5) is 0 Å². The Kier molecular flexibility index (Phi) is 9.38. The largest absolute Gasteiger partial charge is 1.00 e. The summed E-state index contributed by atoms with van der Waals surface area (Å²) in [4.78, 5) is 0. The second-order valence-electron chi connectivity index (χ2n) is 10.1. The summed E-state index contributed by atoms with van der Waals surface area (Å²) in [5.74, 6) is 0. The minimum Gasteiger partial charge on any atom is -1.00 e. The molecule has 0 amide bonds. The molecule has 2 aliphatic carbocycles. The summed E-state index contributed by atoms with van der Waals surface area (Å²) in [5.41, 5.74) is 5.10. The molecule has 0 N–H and O–H groups in total. The molecule has 0 spiro atoms. The van der Waals surface area contributed by atoms with E-state index in [1.54, 1.807) is 11.1 Å². The Hall–Kier alpha value is 0.604. The van der Waals surface area contributed by atoms with Crippen LogP contribution in [0, 0.1) is 16.2 Å². The van der Waals surface area contributed by atoms with E-state index in [9.17, 15) is 0 Å². The van der Waals surface area contributed by atoms with E-state index in [1.165, 1.54) is 9.45 Å². The van der Waals surface area contributed by atoms with E-state index in [0.717, 1.165) is 12.8 Å². The standard InChI is InChI=1S/C23H35S.2ClH.Ti/c1-20(2,3)18-14-15-23(24-9,19(16-18)21(4,5)6)22(7,8)17-12-10-11-13-17;;;/h10,12,14,16H,11,15H2,1-9H3;2*1H;/q;;;+2/p-2. The zero-order valence-corrected chi connectivity index (χ0v) is 22.3. The van der Waals surface area contributed by atoms with Crippen molar-refractivity contribution in [3.8, 4) is 0 Å². The number of allylic oxidation sites excluding steroid dienone is 7. The normalized spacial score (nSPS) is 23.5. The van der Waals surface area contributed by atoms with Crippen LogP contribution in [0.3, 0.4) is 0 Å². The van der Waals surface area contributed by atoms with Gasteiger partial charge in [0.15, 0.2) is 0 Å². The van der Waals surface area contributed by atoms with Crippen LogP contribution in [0.5, 0.6) is 0 Å². The number of halogens is 2. The van der Waals surface area contributed by atoms with Crippen molar-refractivity contribution in [2.75, 3.05) is 6.26 Å². The van der Waals surface area contributed by atoms with Gasteiger partial charge in [-0.25, -0.2) is 0 Å². The molecule has 0 fully saturated rings. The van der Waals surface area contributed by atoms with Crippen LogP contribution in [0.25, 0.3) is 0 Å². The van der Waals surface area contributed by atoms with Crippen LogP contribution in [0.2, 0.25) is 0 Å². The maximum atomic E-state index is 2.54. The summed E-state index contributed by atoms with van der Waals surface area (Å²) in [5, 5.41) is 0. The third-order valence-corrected chi connectivity index (χ3v) is 8.31. The summed E-state index contributed by atoms with van der Waals surface area (Å²) in [6, 6.07) is 0. The fourth-order valence-corrected chi connectivity index (χ4v) is 6.65. The van der Waals surface area contributed by atoms with E-state index >= 15 is 0 Å². The van der Waals surface area contributed by atoms with Crippen molar-refractivity contribution in [1.29, 1.82) is 0 Å². The van der Waals surface area contributed by atoms with Crippen molar-refractivity contribution in [3.63, 3.8) is 0 Å². The molecule has 0 aromatic carbocycles. The van der Waals surface area contributed by atoms with Gasteiger partial charge in [-0.2, -0.15) is 0 Å². The Balaban J connectivity index is 0.00000338. The topological polar surface area (TPSA) is 0 Å². The van der Waals surface area contributed by atoms with Gasteiger partial charge in [0.05, 0.1) is 0 Å². The Morgan fingerprint density at radius 3 is 1.89 bits per heavy atom. The Bertz CT molecular complexity index is 669. The van der Waals surface area contributed by atoms with Crippen LogP contribution in [0.15, 0.2) is 44.9 Å². The molecule has 0 nitrogen and oxygen atoms in total. The third-order valence-electron chi connectivity index (χ3n) is 5.98. The minimum absolute atomic E-state index is 0. The van der Waals surface area contributed by atoms with E-state index < -0.39 is 0 Å². The van der Waals surface area contributed by atoms with Gasteiger partial charge in [-0.3, -0.25) is 0 Å². The predicted octanol–water partition coefficient (Wildman–Crippen LogP) is 1.23. The van der Waals surface area contributed by atoms with Crippen molar-refractivity contribution in [3.05, 3.63) is 44.9 Å². The molecule has 0 heterocycles. The van der Waals surface area contributed by atoms with Gasteiger partial charge in [0.1, 0.15) is 0 Å². The Labute approximate surface area is 196 Å². The molecular formula is C23H35Cl2STi. The third kappa shape index (κ3) is 5.03. The van der Waals surface area contributed by atoms with Gasteiger partial charge < -0.3 is 24.8 Å². The summed E-state index contributed by atoms with van der Waals surface area (Å²) >= 11 is 4.37. The molecule has 2 aliphatic rings. The van der Waals surface area contributed by atoms with Crippen molar-refractivity contribution in [2.24, 2.45) is 16.2 Å². The maximum Gasteiger partial charge on any atom is -1.00 e. The van der Waals surface area contributed by atoms with Crippen LogP contribution < -0.4 is 24.8 Å². The summed E-state index contributed by atoms with van der Waals surface area (Å²) in [6.45, 7) is 19.1. The summed E-state index contributed by atoms with van der Waals surface area (Å²) in [6.07, 6.45) is 14.3. The van der Waals surface area contributed by atoms with Gasteiger partial charge in [0, 0.05) is 0 Å². The molecule has 0 saturated heterocycles. The first kappa shape index (κ1) is 27.6. The number of rotatable bonds is 3. The molecule has 1 atom stereocenters. The molecule has 4 heteroatoms. The molecule has 27 heavy (non-hydrogen) atoms. The van der Waals surface area contributed by atoms with Crippen molar-refractivity contribution >= 4 is 11.8 Å². The van der Waals surface area contributed by atoms with Gasteiger partial charge >= 0.3 is 173 Å². The fraction of sp³-hybridized carbons (Fsp3) is 0.652. The molecule has 0 aromatic rings. The van der Waals surface area contributed by atoms with E-state index in [2.05, 4.69) is 118 Å². The van der Waals surface area contributed by atoms with Crippen LogP contribution >= 0.6 is 11.8 Å². The van der Waals surface area contributed by atoms with Crippen molar-refractivity contribution in [1.82, 2.24) is 0 Å². The number of hydrogen-bond acceptors (Lipinski definition) is 1. The zero-order valence-electron chi connectivity index (χ0n) is 18.4. The van der Waals surface area contributed by atoms with Crippen LogP contribution in [0.1, 0.15) is 68.2 Å². The van der Waals surface area contributed by atoms with Crippen molar-refractivity contribution < 1.29 is 45.2 Å². The van der Waals surface area contributed by atoms with Crippen molar-refractivity contribution in [2.45, 2.75) is 73.0 Å². The second kappa shape index (κ2) is 9.17. The molecule has 1 unspecified atom stereocenters. The molecule has 2 rings (SSSR count). The molecule has 0 saturated carbocycles. The first-order valence-electron chi connectivity index (χ1n) is 9.37. The van der Waals surface area contributed by atoms with Gasteiger partial charge in [0.25, 0.3) is 0 Å². The van der Waals surface area contributed by atoms with Gasteiger partial charge in [-0.1, -0.05) is 0 Å². The van der Waals surface area contributed by atoms with Crippen LogP contribution in [-0.2, 0) is 20.4 Å².